The van der Waals surface area contributed by atoms with Gasteiger partial charge >= 0.3 is 6.09 Å². The summed E-state index contributed by atoms with van der Waals surface area (Å²) in [7, 11) is 0. The third-order valence-electron chi connectivity index (χ3n) is 4.57. The van der Waals surface area contributed by atoms with Gasteiger partial charge in [0.1, 0.15) is 0 Å². The molecule has 2 saturated heterocycles. The van der Waals surface area contributed by atoms with Crippen molar-refractivity contribution in [3.8, 4) is 0 Å². The van der Waals surface area contributed by atoms with Crippen LogP contribution < -0.4 is 0 Å². The summed E-state index contributed by atoms with van der Waals surface area (Å²) in [4.78, 5) is 12.4. The lowest BCUT2D eigenvalue weighted by molar-refractivity contribution is -0.0394. The molecule has 2 aliphatic rings. The van der Waals surface area contributed by atoms with E-state index >= 15 is 0 Å². The maximum absolute atomic E-state index is 11.0. The number of hydrogen-bond donors (Lipinski definition) is 1. The van der Waals surface area contributed by atoms with Crippen LogP contribution in [0.25, 0.3) is 0 Å². The van der Waals surface area contributed by atoms with Crippen LogP contribution in [0.3, 0.4) is 0 Å². The van der Waals surface area contributed by atoms with Crippen LogP contribution in [0.1, 0.15) is 30.7 Å². The van der Waals surface area contributed by atoms with Crippen LogP contribution in [0.15, 0.2) is 18.2 Å². The zero-order valence-electron chi connectivity index (χ0n) is 11.5. The molecule has 2 fully saturated rings. The van der Waals surface area contributed by atoms with Crippen molar-refractivity contribution < 1.29 is 14.6 Å². The summed E-state index contributed by atoms with van der Waals surface area (Å²) in [6.45, 7) is 1.75. The minimum absolute atomic E-state index is 0.178. The molecule has 4 nitrogen and oxygen atoms in total. The molecular weight excluding hydrogens is 313 g/mol. The number of ether oxygens (including phenoxy) is 1. The van der Waals surface area contributed by atoms with Gasteiger partial charge in [-0.15, -0.1) is 0 Å². The second-order valence-corrected chi connectivity index (χ2v) is 6.65. The van der Waals surface area contributed by atoms with Crippen molar-refractivity contribution in [1.82, 2.24) is 4.90 Å². The van der Waals surface area contributed by atoms with E-state index in [2.05, 4.69) is 0 Å². The van der Waals surface area contributed by atoms with Crippen molar-refractivity contribution in [3.63, 3.8) is 0 Å². The van der Waals surface area contributed by atoms with Crippen molar-refractivity contribution in [1.29, 1.82) is 0 Å². The van der Waals surface area contributed by atoms with E-state index in [0.29, 0.717) is 35.7 Å². The number of carbonyl (C=O) groups is 1. The summed E-state index contributed by atoms with van der Waals surface area (Å²) >= 11 is 12.0. The van der Waals surface area contributed by atoms with Crippen LogP contribution in [0, 0.1) is 0 Å². The van der Waals surface area contributed by atoms with E-state index in [9.17, 15) is 4.79 Å². The Kier molecular flexibility index (Phi) is 4.04. The molecule has 0 saturated carbocycles. The van der Waals surface area contributed by atoms with Gasteiger partial charge in [-0.25, -0.2) is 4.79 Å². The zero-order valence-corrected chi connectivity index (χ0v) is 13.0. The minimum atomic E-state index is -0.844. The smallest absolute Gasteiger partial charge is 0.407 e. The average Bonchev–Trinajstić information content (AvgIpc) is 2.86. The summed E-state index contributed by atoms with van der Waals surface area (Å²) in [5.74, 6) is 0.302. The summed E-state index contributed by atoms with van der Waals surface area (Å²) in [6, 6.07) is 5.72. The summed E-state index contributed by atoms with van der Waals surface area (Å²) in [5.41, 5.74) is 0.963. The van der Waals surface area contributed by atoms with Gasteiger partial charge in [-0.1, -0.05) is 29.3 Å². The second kappa shape index (κ2) is 5.67. The number of carboxylic acid groups (broad SMARTS) is 1. The molecule has 0 bridgehead atoms. The standard InChI is InChI=1S/C15H17Cl2NO3/c16-12-2-1-10(7-13(12)17)11-8-15(21-9-11)3-5-18(6-4-15)14(19)20/h1-2,7,11H,3-6,8-9H2,(H,19,20)/t11-/m1/s1. The SMILES string of the molecule is O=C(O)N1CCC2(CC1)C[C@@H](c1ccc(Cl)c(Cl)c1)CO2. The molecule has 1 atom stereocenters. The highest BCUT2D eigenvalue weighted by atomic mass is 35.5. The van der Waals surface area contributed by atoms with E-state index in [4.69, 9.17) is 33.0 Å². The van der Waals surface area contributed by atoms with Gasteiger partial charge in [0.2, 0.25) is 0 Å². The fourth-order valence-electron chi connectivity index (χ4n) is 3.28. The molecule has 2 heterocycles. The van der Waals surface area contributed by atoms with E-state index in [0.717, 1.165) is 24.8 Å². The number of nitrogens with zero attached hydrogens (tertiary/aromatic N) is 1. The zero-order chi connectivity index (χ0) is 15.0. The van der Waals surface area contributed by atoms with Gasteiger partial charge < -0.3 is 14.7 Å². The minimum Gasteiger partial charge on any atom is -0.465 e. The highest BCUT2D eigenvalue weighted by Crippen LogP contribution is 2.43. The molecule has 0 aromatic heterocycles. The molecule has 0 radical (unpaired) electrons. The molecule has 1 aromatic rings. The first-order valence-electron chi connectivity index (χ1n) is 7.06. The lowest BCUT2D eigenvalue weighted by Crippen LogP contribution is -2.45. The van der Waals surface area contributed by atoms with E-state index in [1.165, 1.54) is 4.90 Å². The van der Waals surface area contributed by atoms with Crippen LogP contribution in [0.5, 0.6) is 0 Å². The normalized spacial score (nSPS) is 24.5. The summed E-state index contributed by atoms with van der Waals surface area (Å²) in [6.07, 6.45) is 1.59. The van der Waals surface area contributed by atoms with Crippen LogP contribution in [-0.2, 0) is 4.74 Å². The van der Waals surface area contributed by atoms with E-state index < -0.39 is 6.09 Å². The summed E-state index contributed by atoms with van der Waals surface area (Å²) < 4.78 is 6.05. The lowest BCUT2D eigenvalue weighted by Gasteiger charge is -2.37. The Morgan fingerprint density at radius 1 is 1.29 bits per heavy atom. The molecule has 21 heavy (non-hydrogen) atoms. The van der Waals surface area contributed by atoms with E-state index in [1.807, 2.05) is 18.2 Å². The number of benzene rings is 1. The van der Waals surface area contributed by atoms with Gasteiger partial charge in [0, 0.05) is 19.0 Å². The predicted molar refractivity (Wildman–Crippen MR) is 81.3 cm³/mol. The van der Waals surface area contributed by atoms with Crippen LogP contribution in [0.2, 0.25) is 10.0 Å². The number of likely N-dealkylation sites (tertiary alicyclic amines) is 1. The second-order valence-electron chi connectivity index (χ2n) is 5.84. The van der Waals surface area contributed by atoms with Crippen molar-refractivity contribution in [2.24, 2.45) is 0 Å². The Balaban J connectivity index is 1.68. The Morgan fingerprint density at radius 3 is 2.62 bits per heavy atom. The Bertz CT molecular complexity index is 556. The molecule has 1 N–H and O–H groups in total. The van der Waals surface area contributed by atoms with Gasteiger partial charge in [0.25, 0.3) is 0 Å². The maximum Gasteiger partial charge on any atom is 0.407 e. The van der Waals surface area contributed by atoms with Crippen molar-refractivity contribution in [2.45, 2.75) is 30.8 Å². The topological polar surface area (TPSA) is 49.8 Å². The Labute approximate surface area is 133 Å². The van der Waals surface area contributed by atoms with Crippen LogP contribution >= 0.6 is 23.2 Å². The number of rotatable bonds is 1. The largest absolute Gasteiger partial charge is 0.465 e. The van der Waals surface area contributed by atoms with Crippen LogP contribution in [-0.4, -0.2) is 41.4 Å². The molecule has 3 rings (SSSR count). The maximum atomic E-state index is 11.0. The molecule has 0 unspecified atom stereocenters. The monoisotopic (exact) mass is 329 g/mol. The third kappa shape index (κ3) is 2.98. The highest BCUT2D eigenvalue weighted by molar-refractivity contribution is 6.42. The van der Waals surface area contributed by atoms with Gasteiger partial charge in [0.05, 0.1) is 22.3 Å². The molecule has 114 valence electrons. The van der Waals surface area contributed by atoms with E-state index in [-0.39, 0.29) is 5.60 Å². The molecule has 1 aromatic carbocycles. The molecule has 0 aliphatic carbocycles. The first-order chi connectivity index (χ1) is 9.99. The van der Waals surface area contributed by atoms with Crippen LogP contribution in [0.4, 0.5) is 4.79 Å². The first-order valence-corrected chi connectivity index (χ1v) is 7.81. The predicted octanol–water partition coefficient (Wildman–Crippen LogP) is 4.01. The fraction of sp³-hybridized carbons (Fsp3) is 0.533. The van der Waals surface area contributed by atoms with Gasteiger partial charge in [-0.3, -0.25) is 0 Å². The quantitative estimate of drug-likeness (QED) is 0.846. The van der Waals surface area contributed by atoms with Crippen molar-refractivity contribution in [3.05, 3.63) is 33.8 Å². The van der Waals surface area contributed by atoms with Gasteiger partial charge in [0.15, 0.2) is 0 Å². The molecule has 1 amide bonds. The molecule has 1 spiro atoms. The average molecular weight is 330 g/mol. The highest BCUT2D eigenvalue weighted by Gasteiger charge is 2.43. The van der Waals surface area contributed by atoms with Crippen molar-refractivity contribution in [2.75, 3.05) is 19.7 Å². The fourth-order valence-corrected chi connectivity index (χ4v) is 3.59. The number of piperidine rings is 1. The first kappa shape index (κ1) is 14.9. The number of hydrogen-bond acceptors (Lipinski definition) is 2. The number of halogens is 2. The van der Waals surface area contributed by atoms with Crippen molar-refractivity contribution >= 4 is 29.3 Å². The van der Waals surface area contributed by atoms with Gasteiger partial charge in [-0.05, 0) is 37.0 Å². The number of amides is 1. The molecule has 2 aliphatic heterocycles. The summed E-state index contributed by atoms with van der Waals surface area (Å²) in [5, 5.41) is 10.1. The van der Waals surface area contributed by atoms with E-state index in [1.54, 1.807) is 0 Å². The Morgan fingerprint density at radius 2 is 2.00 bits per heavy atom. The Hall–Kier alpha value is -0.970. The molecular formula is C15H17Cl2NO3. The van der Waals surface area contributed by atoms with Gasteiger partial charge in [-0.2, -0.15) is 0 Å². The lowest BCUT2D eigenvalue weighted by atomic mass is 9.83. The molecule has 6 heteroatoms. The third-order valence-corrected chi connectivity index (χ3v) is 5.31.